The summed E-state index contributed by atoms with van der Waals surface area (Å²) in [4.78, 5) is 25.1. The molecule has 3 rings (SSSR count). The molecule has 2 atom stereocenters. The molecule has 0 bridgehead atoms. The Balaban J connectivity index is 2.01. The summed E-state index contributed by atoms with van der Waals surface area (Å²) in [5, 5.41) is 3.46. The summed E-state index contributed by atoms with van der Waals surface area (Å²) < 4.78 is 0. The van der Waals surface area contributed by atoms with E-state index in [1.54, 1.807) is 0 Å². The van der Waals surface area contributed by atoms with Crippen molar-refractivity contribution in [1.29, 1.82) is 0 Å². The average Bonchev–Trinajstić information content (AvgIpc) is 3.12. The van der Waals surface area contributed by atoms with Crippen LogP contribution in [0.4, 0.5) is 5.00 Å². The number of amides is 2. The number of anilines is 1. The lowest BCUT2D eigenvalue weighted by Crippen LogP contribution is -2.18. The molecule has 0 radical (unpaired) electrons. The number of primary amides is 1. The predicted molar refractivity (Wildman–Crippen MR) is 88.9 cm³/mol. The Morgan fingerprint density at radius 3 is 2.45 bits per heavy atom. The number of hydrogen-bond donors (Lipinski definition) is 2. The van der Waals surface area contributed by atoms with Crippen LogP contribution in [0.1, 0.15) is 28.6 Å². The van der Waals surface area contributed by atoms with Gasteiger partial charge in [0.2, 0.25) is 5.91 Å². The molecule has 2 aromatic rings. The highest BCUT2D eigenvalue weighted by atomic mass is 32.1. The van der Waals surface area contributed by atoms with Crippen LogP contribution in [0.5, 0.6) is 0 Å². The SMILES string of the molecule is Cc1sc(NC(=O)[C@@H]2C[C@H]2C)c(C(N)=O)c1-c1ccccc1. The molecule has 1 aliphatic carbocycles. The van der Waals surface area contributed by atoms with Crippen molar-refractivity contribution < 1.29 is 9.59 Å². The van der Waals surface area contributed by atoms with Gasteiger partial charge in [-0.05, 0) is 24.8 Å². The van der Waals surface area contributed by atoms with Crippen molar-refractivity contribution in [1.82, 2.24) is 0 Å². The van der Waals surface area contributed by atoms with E-state index < -0.39 is 5.91 Å². The standard InChI is InChI=1S/C17H18N2O2S/c1-9-8-12(9)16(21)19-17-14(15(18)20)13(10(2)22-17)11-6-4-3-5-7-11/h3-7,9,12H,8H2,1-2H3,(H2,18,20)(H,19,21)/t9-,12-/m1/s1. The fourth-order valence-corrected chi connectivity index (χ4v) is 3.80. The molecular formula is C17H18N2O2S. The van der Waals surface area contributed by atoms with Crippen LogP contribution >= 0.6 is 11.3 Å². The first-order valence-corrected chi connectivity index (χ1v) is 8.10. The van der Waals surface area contributed by atoms with Gasteiger partial charge in [-0.15, -0.1) is 11.3 Å². The molecule has 1 aromatic heterocycles. The Labute approximate surface area is 133 Å². The lowest BCUT2D eigenvalue weighted by Gasteiger charge is -2.06. The number of nitrogens with two attached hydrogens (primary N) is 1. The monoisotopic (exact) mass is 314 g/mol. The number of thiophene rings is 1. The van der Waals surface area contributed by atoms with E-state index in [-0.39, 0.29) is 11.8 Å². The first kappa shape index (κ1) is 14.8. The molecule has 0 aliphatic heterocycles. The first-order valence-electron chi connectivity index (χ1n) is 7.28. The Bertz CT molecular complexity index is 737. The zero-order chi connectivity index (χ0) is 15.9. The summed E-state index contributed by atoms with van der Waals surface area (Å²) in [6.45, 7) is 3.99. The van der Waals surface area contributed by atoms with Gasteiger partial charge in [0, 0.05) is 16.4 Å². The second-order valence-corrected chi connectivity index (χ2v) is 7.00. The van der Waals surface area contributed by atoms with Gasteiger partial charge in [-0.3, -0.25) is 9.59 Å². The summed E-state index contributed by atoms with van der Waals surface area (Å²) >= 11 is 1.41. The lowest BCUT2D eigenvalue weighted by molar-refractivity contribution is -0.117. The lowest BCUT2D eigenvalue weighted by atomic mass is 10.0. The highest BCUT2D eigenvalue weighted by Crippen LogP contribution is 2.42. The van der Waals surface area contributed by atoms with Gasteiger partial charge in [-0.1, -0.05) is 37.3 Å². The van der Waals surface area contributed by atoms with Gasteiger partial charge >= 0.3 is 0 Å². The van der Waals surface area contributed by atoms with E-state index in [4.69, 9.17) is 5.73 Å². The Morgan fingerprint density at radius 1 is 1.27 bits per heavy atom. The third-order valence-electron chi connectivity index (χ3n) is 4.08. The minimum atomic E-state index is -0.512. The van der Waals surface area contributed by atoms with Crippen molar-refractivity contribution in [3.63, 3.8) is 0 Å². The smallest absolute Gasteiger partial charge is 0.252 e. The Morgan fingerprint density at radius 2 is 1.91 bits per heavy atom. The first-order chi connectivity index (χ1) is 10.5. The fourth-order valence-electron chi connectivity index (χ4n) is 2.71. The molecule has 1 aliphatic rings. The molecule has 4 nitrogen and oxygen atoms in total. The molecule has 1 heterocycles. The number of nitrogens with one attached hydrogen (secondary N) is 1. The van der Waals surface area contributed by atoms with Crippen LogP contribution in [0.25, 0.3) is 11.1 Å². The van der Waals surface area contributed by atoms with Crippen molar-refractivity contribution in [2.75, 3.05) is 5.32 Å². The molecule has 1 saturated carbocycles. The van der Waals surface area contributed by atoms with Crippen LogP contribution in [-0.4, -0.2) is 11.8 Å². The van der Waals surface area contributed by atoms with Crippen LogP contribution in [0.15, 0.2) is 30.3 Å². The van der Waals surface area contributed by atoms with Gasteiger partial charge in [-0.2, -0.15) is 0 Å². The summed E-state index contributed by atoms with van der Waals surface area (Å²) in [5.41, 5.74) is 7.74. The van der Waals surface area contributed by atoms with E-state index in [0.29, 0.717) is 16.5 Å². The van der Waals surface area contributed by atoms with Crippen molar-refractivity contribution in [2.24, 2.45) is 17.6 Å². The van der Waals surface area contributed by atoms with Crippen molar-refractivity contribution >= 4 is 28.2 Å². The number of benzene rings is 1. The second kappa shape index (κ2) is 5.57. The number of carbonyl (C=O) groups is 2. The van der Waals surface area contributed by atoms with Gasteiger partial charge in [0.25, 0.3) is 5.91 Å². The maximum atomic E-state index is 12.2. The van der Waals surface area contributed by atoms with Crippen molar-refractivity contribution in [3.05, 3.63) is 40.8 Å². The molecule has 1 aromatic carbocycles. The van der Waals surface area contributed by atoms with Crippen LogP contribution in [0.3, 0.4) is 0 Å². The topological polar surface area (TPSA) is 72.2 Å². The minimum absolute atomic E-state index is 0.0177. The van der Waals surface area contributed by atoms with Gasteiger partial charge in [0.1, 0.15) is 5.00 Å². The largest absolute Gasteiger partial charge is 0.365 e. The Kier molecular flexibility index (Phi) is 3.74. The molecule has 0 unspecified atom stereocenters. The Hall–Kier alpha value is -2.14. The van der Waals surface area contributed by atoms with Gasteiger partial charge in [0.05, 0.1) is 5.56 Å². The summed E-state index contributed by atoms with van der Waals surface area (Å²) in [6, 6.07) is 9.64. The summed E-state index contributed by atoms with van der Waals surface area (Å²) in [6.07, 6.45) is 0.910. The third-order valence-corrected chi connectivity index (χ3v) is 5.10. The van der Waals surface area contributed by atoms with E-state index in [9.17, 15) is 9.59 Å². The molecule has 5 heteroatoms. The van der Waals surface area contributed by atoms with Crippen LogP contribution in [0.2, 0.25) is 0 Å². The van der Waals surface area contributed by atoms with Crippen molar-refractivity contribution in [3.8, 4) is 11.1 Å². The third kappa shape index (κ3) is 2.64. The van der Waals surface area contributed by atoms with Crippen LogP contribution in [0, 0.1) is 18.8 Å². The van der Waals surface area contributed by atoms with Crippen LogP contribution in [-0.2, 0) is 4.79 Å². The zero-order valence-corrected chi connectivity index (χ0v) is 13.4. The normalized spacial score (nSPS) is 19.7. The number of hydrogen-bond acceptors (Lipinski definition) is 3. The number of rotatable bonds is 4. The van der Waals surface area contributed by atoms with E-state index in [0.717, 1.165) is 22.4 Å². The number of aryl methyl sites for hydroxylation is 1. The van der Waals surface area contributed by atoms with Crippen LogP contribution < -0.4 is 11.1 Å². The molecule has 0 saturated heterocycles. The van der Waals surface area contributed by atoms with E-state index in [2.05, 4.69) is 5.32 Å². The van der Waals surface area contributed by atoms with Gasteiger partial charge in [0.15, 0.2) is 0 Å². The summed E-state index contributed by atoms with van der Waals surface area (Å²) in [7, 11) is 0. The highest BCUT2D eigenvalue weighted by Gasteiger charge is 2.39. The van der Waals surface area contributed by atoms with E-state index >= 15 is 0 Å². The number of carbonyl (C=O) groups excluding carboxylic acids is 2. The van der Waals surface area contributed by atoms with Crippen molar-refractivity contribution in [2.45, 2.75) is 20.3 Å². The predicted octanol–water partition coefficient (Wildman–Crippen LogP) is 3.42. The zero-order valence-electron chi connectivity index (χ0n) is 12.6. The molecule has 22 heavy (non-hydrogen) atoms. The highest BCUT2D eigenvalue weighted by molar-refractivity contribution is 7.17. The summed E-state index contributed by atoms with van der Waals surface area (Å²) in [5.74, 6) is -0.0480. The van der Waals surface area contributed by atoms with Gasteiger partial charge < -0.3 is 11.1 Å². The van der Waals surface area contributed by atoms with E-state index in [1.807, 2.05) is 44.2 Å². The minimum Gasteiger partial charge on any atom is -0.365 e. The van der Waals surface area contributed by atoms with Gasteiger partial charge in [-0.25, -0.2) is 0 Å². The molecule has 114 valence electrons. The quantitative estimate of drug-likeness (QED) is 0.907. The molecule has 2 amide bonds. The average molecular weight is 314 g/mol. The van der Waals surface area contributed by atoms with E-state index in [1.165, 1.54) is 11.3 Å². The maximum Gasteiger partial charge on any atom is 0.252 e. The maximum absolute atomic E-state index is 12.2. The molecular weight excluding hydrogens is 296 g/mol. The molecule has 3 N–H and O–H groups in total. The fraction of sp³-hybridized carbons (Fsp3) is 0.294. The molecule has 0 spiro atoms. The second-order valence-electron chi connectivity index (χ2n) is 5.78. The molecule has 1 fully saturated rings.